The van der Waals surface area contributed by atoms with E-state index < -0.39 is 10.8 Å². The van der Waals surface area contributed by atoms with Gasteiger partial charge in [-0.05, 0) is 30.3 Å². The third kappa shape index (κ3) is 3.04. The topological polar surface area (TPSA) is 92.5 Å². The van der Waals surface area contributed by atoms with E-state index in [0.29, 0.717) is 10.6 Å². The van der Waals surface area contributed by atoms with Crippen LogP contribution >= 0.6 is 11.6 Å². The molecule has 7 heteroatoms. The van der Waals surface area contributed by atoms with Gasteiger partial charge < -0.3 is 10.4 Å². The fourth-order valence-electron chi connectivity index (χ4n) is 1.53. The summed E-state index contributed by atoms with van der Waals surface area (Å²) in [6.07, 6.45) is 0. The summed E-state index contributed by atoms with van der Waals surface area (Å²) in [5.74, 6) is -0.754. The highest BCUT2D eigenvalue weighted by atomic mass is 35.5. The second-order valence-corrected chi connectivity index (χ2v) is 4.36. The number of nitrogens with zero attached hydrogens (tertiary/aromatic N) is 1. The molecule has 0 aromatic heterocycles. The van der Waals surface area contributed by atoms with Gasteiger partial charge in [-0.15, -0.1) is 0 Å². The molecule has 0 aliphatic heterocycles. The highest BCUT2D eigenvalue weighted by molar-refractivity contribution is 6.30. The lowest BCUT2D eigenvalue weighted by atomic mass is 10.2. The Kier molecular flexibility index (Phi) is 3.86. The van der Waals surface area contributed by atoms with E-state index in [2.05, 4.69) is 5.32 Å². The smallest absolute Gasteiger partial charge is 0.271 e. The van der Waals surface area contributed by atoms with Gasteiger partial charge in [-0.25, -0.2) is 0 Å². The van der Waals surface area contributed by atoms with Crippen LogP contribution in [0.1, 0.15) is 10.4 Å². The second kappa shape index (κ2) is 5.58. The van der Waals surface area contributed by atoms with Gasteiger partial charge in [-0.1, -0.05) is 11.6 Å². The fraction of sp³-hybridized carbons (Fsp3) is 0. The van der Waals surface area contributed by atoms with Crippen molar-refractivity contribution >= 4 is 28.9 Å². The zero-order valence-corrected chi connectivity index (χ0v) is 10.8. The molecule has 0 bridgehead atoms. The normalized spacial score (nSPS) is 10.1. The fourth-order valence-corrected chi connectivity index (χ4v) is 1.66. The number of anilines is 1. The minimum Gasteiger partial charge on any atom is -0.506 e. The van der Waals surface area contributed by atoms with Crippen molar-refractivity contribution in [1.29, 1.82) is 0 Å². The van der Waals surface area contributed by atoms with Crippen LogP contribution in [-0.2, 0) is 0 Å². The summed E-state index contributed by atoms with van der Waals surface area (Å²) in [5.41, 5.74) is 0.0636. The average molecular weight is 293 g/mol. The summed E-state index contributed by atoms with van der Waals surface area (Å²) < 4.78 is 0. The highest BCUT2D eigenvalue weighted by Gasteiger charge is 2.13. The third-order valence-corrected chi connectivity index (χ3v) is 2.80. The molecule has 1 amide bonds. The van der Waals surface area contributed by atoms with Crippen molar-refractivity contribution in [2.24, 2.45) is 0 Å². The van der Waals surface area contributed by atoms with E-state index in [9.17, 15) is 20.0 Å². The molecule has 0 atom stereocenters. The molecule has 0 aliphatic rings. The standard InChI is InChI=1S/C13H9ClN2O4/c14-9-3-1-8(2-4-9)13(18)15-11-7-10(16(19)20)5-6-12(11)17/h1-7,17H,(H,15,18). The van der Waals surface area contributed by atoms with Crippen molar-refractivity contribution in [2.75, 3.05) is 5.32 Å². The van der Waals surface area contributed by atoms with E-state index in [1.54, 1.807) is 12.1 Å². The Morgan fingerprint density at radius 1 is 1.20 bits per heavy atom. The minimum atomic E-state index is -0.614. The number of hydrogen-bond donors (Lipinski definition) is 2. The summed E-state index contributed by atoms with van der Waals surface area (Å²) in [6, 6.07) is 9.48. The number of rotatable bonds is 3. The molecule has 0 radical (unpaired) electrons. The molecule has 102 valence electrons. The van der Waals surface area contributed by atoms with Crippen LogP contribution in [0.4, 0.5) is 11.4 Å². The molecular formula is C13H9ClN2O4. The van der Waals surface area contributed by atoms with Crippen molar-refractivity contribution in [3.05, 3.63) is 63.2 Å². The van der Waals surface area contributed by atoms with E-state index in [0.717, 1.165) is 18.2 Å². The number of halogens is 1. The molecule has 6 nitrogen and oxygen atoms in total. The van der Waals surface area contributed by atoms with Crippen LogP contribution in [0, 0.1) is 10.1 Å². The number of nitro groups is 1. The highest BCUT2D eigenvalue weighted by Crippen LogP contribution is 2.28. The zero-order valence-electron chi connectivity index (χ0n) is 10.0. The van der Waals surface area contributed by atoms with Gasteiger partial charge in [0.2, 0.25) is 0 Å². The average Bonchev–Trinajstić information content (AvgIpc) is 2.41. The second-order valence-electron chi connectivity index (χ2n) is 3.92. The van der Waals surface area contributed by atoms with Gasteiger partial charge in [0, 0.05) is 22.7 Å². The molecule has 0 heterocycles. The number of carbonyl (C=O) groups is 1. The van der Waals surface area contributed by atoms with Crippen LogP contribution in [0.15, 0.2) is 42.5 Å². The number of hydrogen-bond acceptors (Lipinski definition) is 4. The minimum absolute atomic E-state index is 0.0286. The number of phenols is 1. The molecule has 2 rings (SSSR count). The number of benzene rings is 2. The largest absolute Gasteiger partial charge is 0.506 e. The Bertz CT molecular complexity index is 671. The maximum atomic E-state index is 11.9. The molecule has 2 N–H and O–H groups in total. The number of phenolic OH excluding ortho intramolecular Hbond substituents is 1. The zero-order chi connectivity index (χ0) is 14.7. The number of aromatic hydroxyl groups is 1. The summed E-state index contributed by atoms with van der Waals surface area (Å²) in [4.78, 5) is 22.0. The Balaban J connectivity index is 2.25. The van der Waals surface area contributed by atoms with Crippen molar-refractivity contribution in [3.63, 3.8) is 0 Å². The molecule has 0 saturated carbocycles. The molecule has 0 saturated heterocycles. The van der Waals surface area contributed by atoms with Gasteiger partial charge in [-0.2, -0.15) is 0 Å². The summed E-state index contributed by atoms with van der Waals surface area (Å²) in [5, 5.41) is 23.1. The van der Waals surface area contributed by atoms with E-state index in [1.807, 2.05) is 0 Å². The first-order chi connectivity index (χ1) is 9.47. The number of carbonyl (C=O) groups excluding carboxylic acids is 1. The Labute approximate surface area is 118 Å². The molecule has 20 heavy (non-hydrogen) atoms. The maximum absolute atomic E-state index is 11.9. The van der Waals surface area contributed by atoms with Crippen molar-refractivity contribution in [1.82, 2.24) is 0 Å². The van der Waals surface area contributed by atoms with Gasteiger partial charge in [0.15, 0.2) is 0 Å². The lowest BCUT2D eigenvalue weighted by Gasteiger charge is -2.07. The van der Waals surface area contributed by atoms with Crippen LogP contribution < -0.4 is 5.32 Å². The van der Waals surface area contributed by atoms with E-state index in [4.69, 9.17) is 11.6 Å². The first-order valence-electron chi connectivity index (χ1n) is 5.51. The Morgan fingerprint density at radius 3 is 2.45 bits per heavy atom. The first kappa shape index (κ1) is 13.8. The van der Waals surface area contributed by atoms with Crippen LogP contribution in [0.3, 0.4) is 0 Å². The number of nitrogens with one attached hydrogen (secondary N) is 1. The summed E-state index contributed by atoms with van der Waals surface area (Å²) in [6.45, 7) is 0. The number of amides is 1. The Morgan fingerprint density at radius 2 is 1.85 bits per heavy atom. The number of nitro benzene ring substituents is 1. The quantitative estimate of drug-likeness (QED) is 0.516. The van der Waals surface area contributed by atoms with E-state index in [-0.39, 0.29) is 17.1 Å². The molecule has 0 fully saturated rings. The van der Waals surface area contributed by atoms with Gasteiger partial charge in [-0.3, -0.25) is 14.9 Å². The summed E-state index contributed by atoms with van der Waals surface area (Å²) >= 11 is 5.71. The van der Waals surface area contributed by atoms with Gasteiger partial charge in [0.05, 0.1) is 10.6 Å². The molecule has 2 aromatic rings. The molecule has 0 spiro atoms. The first-order valence-corrected chi connectivity index (χ1v) is 5.89. The predicted molar refractivity (Wildman–Crippen MR) is 74.2 cm³/mol. The van der Waals surface area contributed by atoms with Crippen LogP contribution in [0.5, 0.6) is 5.75 Å². The van der Waals surface area contributed by atoms with E-state index in [1.165, 1.54) is 12.1 Å². The predicted octanol–water partition coefficient (Wildman–Crippen LogP) is 3.21. The molecular weight excluding hydrogens is 284 g/mol. The lowest BCUT2D eigenvalue weighted by molar-refractivity contribution is -0.384. The van der Waals surface area contributed by atoms with Crippen LogP contribution in [-0.4, -0.2) is 15.9 Å². The molecule has 0 unspecified atom stereocenters. The molecule has 2 aromatic carbocycles. The number of non-ortho nitro benzene ring substituents is 1. The van der Waals surface area contributed by atoms with Gasteiger partial charge in [0.25, 0.3) is 11.6 Å². The summed E-state index contributed by atoms with van der Waals surface area (Å²) in [7, 11) is 0. The lowest BCUT2D eigenvalue weighted by Crippen LogP contribution is -2.12. The van der Waals surface area contributed by atoms with E-state index >= 15 is 0 Å². The Hall–Kier alpha value is -2.60. The van der Waals surface area contributed by atoms with Crippen molar-refractivity contribution in [3.8, 4) is 5.75 Å². The van der Waals surface area contributed by atoms with Crippen molar-refractivity contribution < 1.29 is 14.8 Å². The maximum Gasteiger partial charge on any atom is 0.271 e. The monoisotopic (exact) mass is 292 g/mol. The third-order valence-electron chi connectivity index (χ3n) is 2.55. The van der Waals surface area contributed by atoms with Crippen LogP contribution in [0.2, 0.25) is 5.02 Å². The SMILES string of the molecule is O=C(Nc1cc([N+](=O)[O-])ccc1O)c1ccc(Cl)cc1. The van der Waals surface area contributed by atoms with Crippen molar-refractivity contribution in [2.45, 2.75) is 0 Å². The van der Waals surface area contributed by atoms with Gasteiger partial charge >= 0.3 is 0 Å². The molecule has 0 aliphatic carbocycles. The van der Waals surface area contributed by atoms with Crippen LogP contribution in [0.25, 0.3) is 0 Å². The van der Waals surface area contributed by atoms with Gasteiger partial charge in [0.1, 0.15) is 5.75 Å².